The smallest absolute Gasteiger partial charge is 0.249 e. The molecular formula is C17H30N2O2. The molecule has 1 heterocycles. The van der Waals surface area contributed by atoms with Crippen molar-refractivity contribution in [2.75, 3.05) is 0 Å². The van der Waals surface area contributed by atoms with Gasteiger partial charge in [-0.15, -0.1) is 0 Å². The van der Waals surface area contributed by atoms with E-state index in [9.17, 15) is 9.59 Å². The van der Waals surface area contributed by atoms with Crippen LogP contribution >= 0.6 is 0 Å². The lowest BCUT2D eigenvalue weighted by molar-refractivity contribution is -0.161. The van der Waals surface area contributed by atoms with Crippen LogP contribution in [-0.2, 0) is 9.59 Å². The summed E-state index contributed by atoms with van der Waals surface area (Å²) >= 11 is 0. The minimum atomic E-state index is -0.690. The first-order chi connectivity index (χ1) is 9.88. The molecule has 0 aromatic heterocycles. The van der Waals surface area contributed by atoms with Crippen molar-refractivity contribution in [3.8, 4) is 0 Å². The third-order valence-corrected chi connectivity index (χ3v) is 5.59. The van der Waals surface area contributed by atoms with Gasteiger partial charge in [0.15, 0.2) is 0 Å². The molecule has 0 spiro atoms. The molecule has 0 aromatic rings. The van der Waals surface area contributed by atoms with Crippen molar-refractivity contribution >= 4 is 11.8 Å². The molecule has 1 aliphatic heterocycles. The molecule has 0 radical (unpaired) electrons. The quantitative estimate of drug-likeness (QED) is 0.866. The number of nitrogens with one attached hydrogen (secondary N) is 1. The van der Waals surface area contributed by atoms with Crippen molar-refractivity contribution < 1.29 is 9.59 Å². The van der Waals surface area contributed by atoms with E-state index in [0.717, 1.165) is 19.3 Å². The van der Waals surface area contributed by atoms with Crippen molar-refractivity contribution in [1.82, 2.24) is 10.2 Å². The average molecular weight is 294 g/mol. The Kier molecular flexibility index (Phi) is 4.64. The molecule has 2 fully saturated rings. The van der Waals surface area contributed by atoms with Gasteiger partial charge in [-0.25, -0.2) is 0 Å². The van der Waals surface area contributed by atoms with Crippen LogP contribution in [0.2, 0.25) is 0 Å². The SMILES string of the molecule is CCC1(CC)NC(=O)C(C(C)C)N(C2CCCC2C)C1=O. The summed E-state index contributed by atoms with van der Waals surface area (Å²) in [6.07, 6.45) is 4.68. The zero-order valence-corrected chi connectivity index (χ0v) is 14.1. The van der Waals surface area contributed by atoms with Crippen LogP contribution < -0.4 is 5.32 Å². The fraction of sp³-hybridized carbons (Fsp3) is 0.882. The number of hydrogen-bond acceptors (Lipinski definition) is 2. The van der Waals surface area contributed by atoms with Crippen LogP contribution in [0.3, 0.4) is 0 Å². The van der Waals surface area contributed by atoms with E-state index in [2.05, 4.69) is 12.2 Å². The average Bonchev–Trinajstić information content (AvgIpc) is 2.86. The maximum absolute atomic E-state index is 13.2. The number of piperazine rings is 1. The summed E-state index contributed by atoms with van der Waals surface area (Å²) in [4.78, 5) is 27.9. The van der Waals surface area contributed by atoms with E-state index in [1.807, 2.05) is 32.6 Å². The van der Waals surface area contributed by atoms with Crippen molar-refractivity contribution in [3.63, 3.8) is 0 Å². The summed E-state index contributed by atoms with van der Waals surface area (Å²) in [6, 6.07) is -0.0808. The summed E-state index contributed by atoms with van der Waals surface area (Å²) in [5.74, 6) is 0.818. The largest absolute Gasteiger partial charge is 0.340 e. The second-order valence-electron chi connectivity index (χ2n) is 7.16. The van der Waals surface area contributed by atoms with Crippen molar-refractivity contribution in [2.24, 2.45) is 11.8 Å². The highest BCUT2D eigenvalue weighted by Gasteiger charge is 2.52. The van der Waals surface area contributed by atoms with E-state index < -0.39 is 5.54 Å². The van der Waals surface area contributed by atoms with Gasteiger partial charge < -0.3 is 10.2 Å². The van der Waals surface area contributed by atoms with E-state index in [4.69, 9.17) is 0 Å². The Balaban J connectivity index is 2.42. The number of rotatable bonds is 4. The van der Waals surface area contributed by atoms with Crippen LogP contribution in [0.4, 0.5) is 0 Å². The van der Waals surface area contributed by atoms with E-state index in [0.29, 0.717) is 18.8 Å². The predicted octanol–water partition coefficient (Wildman–Crippen LogP) is 2.72. The summed E-state index contributed by atoms with van der Waals surface area (Å²) < 4.78 is 0. The Bertz CT molecular complexity index is 415. The molecule has 2 aliphatic rings. The molecule has 3 atom stereocenters. The van der Waals surface area contributed by atoms with Gasteiger partial charge in [0, 0.05) is 6.04 Å². The van der Waals surface area contributed by atoms with Gasteiger partial charge in [0.25, 0.3) is 0 Å². The van der Waals surface area contributed by atoms with Gasteiger partial charge in [0.2, 0.25) is 11.8 Å². The zero-order valence-electron chi connectivity index (χ0n) is 14.1. The second kappa shape index (κ2) is 5.98. The molecule has 120 valence electrons. The standard InChI is InChI=1S/C17H30N2O2/c1-6-17(7-2)16(21)19(13-10-8-9-12(13)5)14(11(3)4)15(20)18-17/h11-14H,6-10H2,1-5H3,(H,18,20). The Hall–Kier alpha value is -1.06. The Labute approximate surface area is 128 Å². The predicted molar refractivity (Wildman–Crippen MR) is 83.7 cm³/mol. The van der Waals surface area contributed by atoms with Crippen LogP contribution in [0, 0.1) is 11.8 Å². The summed E-state index contributed by atoms with van der Waals surface area (Å²) in [7, 11) is 0. The molecule has 4 nitrogen and oxygen atoms in total. The number of nitrogens with zero attached hydrogens (tertiary/aromatic N) is 1. The molecule has 1 saturated carbocycles. The lowest BCUT2D eigenvalue weighted by Gasteiger charge is -2.50. The highest BCUT2D eigenvalue weighted by molar-refractivity contribution is 6.00. The first-order valence-corrected chi connectivity index (χ1v) is 8.52. The van der Waals surface area contributed by atoms with Crippen molar-refractivity contribution in [3.05, 3.63) is 0 Å². The van der Waals surface area contributed by atoms with E-state index in [-0.39, 0.29) is 29.8 Å². The van der Waals surface area contributed by atoms with Crippen LogP contribution in [0.25, 0.3) is 0 Å². The van der Waals surface area contributed by atoms with Gasteiger partial charge >= 0.3 is 0 Å². The van der Waals surface area contributed by atoms with Crippen molar-refractivity contribution in [1.29, 1.82) is 0 Å². The number of amides is 2. The molecule has 0 aromatic carbocycles. The van der Waals surface area contributed by atoms with Crippen molar-refractivity contribution in [2.45, 2.75) is 84.3 Å². The molecule has 1 N–H and O–H groups in total. The number of carbonyl (C=O) groups excluding carboxylic acids is 2. The molecule has 1 saturated heterocycles. The molecular weight excluding hydrogens is 264 g/mol. The molecule has 0 bridgehead atoms. The van der Waals surface area contributed by atoms with Gasteiger partial charge in [-0.3, -0.25) is 9.59 Å². The van der Waals surface area contributed by atoms with Gasteiger partial charge in [0.1, 0.15) is 11.6 Å². The summed E-state index contributed by atoms with van der Waals surface area (Å²) in [6.45, 7) is 10.3. The first kappa shape index (κ1) is 16.3. The molecule has 21 heavy (non-hydrogen) atoms. The van der Waals surface area contributed by atoms with Gasteiger partial charge in [0.05, 0.1) is 0 Å². The van der Waals surface area contributed by atoms with Gasteiger partial charge in [-0.2, -0.15) is 0 Å². The fourth-order valence-electron chi connectivity index (χ4n) is 4.11. The normalized spacial score (nSPS) is 32.7. The van der Waals surface area contributed by atoms with Crippen LogP contribution in [-0.4, -0.2) is 34.3 Å². The first-order valence-electron chi connectivity index (χ1n) is 8.52. The summed E-state index contributed by atoms with van der Waals surface area (Å²) in [5.41, 5.74) is -0.690. The van der Waals surface area contributed by atoms with Gasteiger partial charge in [-0.05, 0) is 37.5 Å². The van der Waals surface area contributed by atoms with E-state index >= 15 is 0 Å². The molecule has 3 unspecified atom stereocenters. The van der Waals surface area contributed by atoms with E-state index in [1.165, 1.54) is 0 Å². The van der Waals surface area contributed by atoms with Crippen LogP contribution in [0.1, 0.15) is 66.7 Å². The molecule has 2 rings (SSSR count). The molecule has 2 amide bonds. The topological polar surface area (TPSA) is 49.4 Å². The third-order valence-electron chi connectivity index (χ3n) is 5.59. The molecule has 1 aliphatic carbocycles. The third kappa shape index (κ3) is 2.58. The maximum Gasteiger partial charge on any atom is 0.249 e. The lowest BCUT2D eigenvalue weighted by Crippen LogP contribution is -2.73. The van der Waals surface area contributed by atoms with Crippen LogP contribution in [0.15, 0.2) is 0 Å². The second-order valence-corrected chi connectivity index (χ2v) is 7.16. The lowest BCUT2D eigenvalue weighted by atomic mass is 9.83. The summed E-state index contributed by atoms with van der Waals surface area (Å²) in [5, 5.41) is 3.05. The van der Waals surface area contributed by atoms with Gasteiger partial charge in [-0.1, -0.05) is 41.0 Å². The maximum atomic E-state index is 13.2. The number of carbonyl (C=O) groups is 2. The highest BCUT2D eigenvalue weighted by Crippen LogP contribution is 2.37. The minimum absolute atomic E-state index is 0.0346. The Morgan fingerprint density at radius 3 is 2.29 bits per heavy atom. The minimum Gasteiger partial charge on any atom is -0.340 e. The van der Waals surface area contributed by atoms with E-state index in [1.54, 1.807) is 0 Å². The Morgan fingerprint density at radius 1 is 1.24 bits per heavy atom. The monoisotopic (exact) mass is 294 g/mol. The Morgan fingerprint density at radius 2 is 1.86 bits per heavy atom. The zero-order chi connectivity index (χ0) is 15.8. The van der Waals surface area contributed by atoms with Crippen LogP contribution in [0.5, 0.6) is 0 Å². The fourth-order valence-corrected chi connectivity index (χ4v) is 4.11. The molecule has 4 heteroatoms. The number of hydrogen-bond donors (Lipinski definition) is 1. The highest BCUT2D eigenvalue weighted by atomic mass is 16.2.